The van der Waals surface area contributed by atoms with Crippen LogP contribution in [0.1, 0.15) is 23.7 Å². The number of hydrogen-bond acceptors (Lipinski definition) is 6. The monoisotopic (exact) mass is 369 g/mol. The van der Waals surface area contributed by atoms with Crippen LogP contribution in [0.15, 0.2) is 30.5 Å². The maximum atomic E-state index is 13.0. The van der Waals surface area contributed by atoms with Crippen LogP contribution in [0, 0.1) is 0 Å². The normalized spacial score (nSPS) is 25.0. The number of nitrogens with zero attached hydrogens (tertiary/aromatic N) is 5. The molecule has 1 amide bonds. The highest BCUT2D eigenvalue weighted by atomic mass is 16.5. The van der Waals surface area contributed by atoms with Crippen LogP contribution >= 0.6 is 0 Å². The summed E-state index contributed by atoms with van der Waals surface area (Å²) in [5, 5.41) is 8.21. The Balaban J connectivity index is 1.26. The van der Waals surface area contributed by atoms with Crippen LogP contribution in [-0.4, -0.2) is 69.6 Å². The van der Waals surface area contributed by atoms with Gasteiger partial charge < -0.3 is 14.4 Å². The van der Waals surface area contributed by atoms with Gasteiger partial charge in [0.1, 0.15) is 12.4 Å². The first-order valence-electron chi connectivity index (χ1n) is 9.49. The molecule has 142 valence electrons. The van der Waals surface area contributed by atoms with Crippen LogP contribution in [-0.2, 0) is 22.7 Å². The third-order valence-corrected chi connectivity index (χ3v) is 5.67. The van der Waals surface area contributed by atoms with Crippen LogP contribution in [0.5, 0.6) is 5.75 Å². The standard InChI is InChI=1S/C19H23N5O3/c25-19(12-22-7-8-26-17-4-2-1-3-14(17)10-22)23-6-5-18-16(11-23)24-15(13-27-18)9-20-21-24/h1-4,9,16,18H,5-8,10-13H2/t16-,18+/m0/s1. The van der Waals surface area contributed by atoms with E-state index in [1.165, 1.54) is 0 Å². The van der Waals surface area contributed by atoms with E-state index < -0.39 is 0 Å². The first-order valence-corrected chi connectivity index (χ1v) is 9.49. The van der Waals surface area contributed by atoms with Crippen molar-refractivity contribution in [3.8, 4) is 5.75 Å². The van der Waals surface area contributed by atoms with E-state index in [0.717, 1.165) is 43.1 Å². The number of para-hydroxylation sites is 1. The number of aromatic nitrogens is 3. The Morgan fingerprint density at radius 3 is 3.15 bits per heavy atom. The van der Waals surface area contributed by atoms with E-state index >= 15 is 0 Å². The molecule has 0 radical (unpaired) electrons. The summed E-state index contributed by atoms with van der Waals surface area (Å²) in [7, 11) is 0. The van der Waals surface area contributed by atoms with E-state index in [9.17, 15) is 4.79 Å². The first-order chi connectivity index (χ1) is 13.3. The van der Waals surface area contributed by atoms with Crippen molar-refractivity contribution in [1.82, 2.24) is 24.8 Å². The molecule has 1 aromatic heterocycles. The molecule has 3 aliphatic rings. The lowest BCUT2D eigenvalue weighted by molar-refractivity contribution is -0.139. The Morgan fingerprint density at radius 1 is 1.26 bits per heavy atom. The second-order valence-corrected chi connectivity index (χ2v) is 7.38. The van der Waals surface area contributed by atoms with Crippen molar-refractivity contribution in [3.63, 3.8) is 0 Å². The molecule has 0 unspecified atom stereocenters. The molecule has 1 aromatic carbocycles. The van der Waals surface area contributed by atoms with Crippen LogP contribution < -0.4 is 4.74 Å². The topological polar surface area (TPSA) is 72.7 Å². The number of hydrogen-bond donors (Lipinski definition) is 0. The van der Waals surface area contributed by atoms with E-state index in [-0.39, 0.29) is 18.1 Å². The zero-order chi connectivity index (χ0) is 18.2. The van der Waals surface area contributed by atoms with Gasteiger partial charge in [-0.1, -0.05) is 23.4 Å². The Labute approximate surface area is 157 Å². The lowest BCUT2D eigenvalue weighted by Gasteiger charge is -2.41. The van der Waals surface area contributed by atoms with Gasteiger partial charge in [-0.25, -0.2) is 4.68 Å². The second kappa shape index (κ2) is 6.94. The quantitative estimate of drug-likeness (QED) is 0.781. The largest absolute Gasteiger partial charge is 0.492 e. The molecular weight excluding hydrogens is 346 g/mol. The van der Waals surface area contributed by atoms with Crippen molar-refractivity contribution in [2.24, 2.45) is 0 Å². The van der Waals surface area contributed by atoms with Gasteiger partial charge in [0, 0.05) is 31.7 Å². The molecule has 0 saturated carbocycles. The van der Waals surface area contributed by atoms with Crippen LogP contribution in [0.4, 0.5) is 0 Å². The van der Waals surface area contributed by atoms with E-state index in [4.69, 9.17) is 9.47 Å². The number of rotatable bonds is 2. The molecule has 1 saturated heterocycles. The minimum absolute atomic E-state index is 0.0575. The molecule has 0 aliphatic carbocycles. The number of carbonyl (C=O) groups excluding carboxylic acids is 1. The third-order valence-electron chi connectivity index (χ3n) is 5.67. The average molecular weight is 369 g/mol. The second-order valence-electron chi connectivity index (χ2n) is 7.38. The summed E-state index contributed by atoms with van der Waals surface area (Å²) >= 11 is 0. The molecule has 8 nitrogen and oxygen atoms in total. The smallest absolute Gasteiger partial charge is 0.236 e. The highest BCUT2D eigenvalue weighted by Gasteiger charge is 2.38. The van der Waals surface area contributed by atoms with Crippen LogP contribution in [0.3, 0.4) is 0 Å². The SMILES string of the molecule is O=C(CN1CCOc2ccccc2C1)N1CC[C@H]2OCc3cnnn3[C@H]2C1. The molecule has 3 aliphatic heterocycles. The Kier molecular flexibility index (Phi) is 4.29. The van der Waals surface area contributed by atoms with E-state index in [1.807, 2.05) is 27.8 Å². The molecule has 1 fully saturated rings. The third kappa shape index (κ3) is 3.19. The first kappa shape index (κ1) is 16.7. The maximum absolute atomic E-state index is 13.0. The van der Waals surface area contributed by atoms with Crippen molar-refractivity contribution < 1.29 is 14.3 Å². The fraction of sp³-hybridized carbons (Fsp3) is 0.526. The molecule has 0 N–H and O–H groups in total. The zero-order valence-electron chi connectivity index (χ0n) is 15.2. The van der Waals surface area contributed by atoms with Gasteiger partial charge in [-0.15, -0.1) is 5.10 Å². The Morgan fingerprint density at radius 2 is 2.19 bits per heavy atom. The number of carbonyl (C=O) groups is 1. The molecular formula is C19H23N5O3. The lowest BCUT2D eigenvalue weighted by atomic mass is 10.0. The van der Waals surface area contributed by atoms with Crippen molar-refractivity contribution in [2.75, 3.05) is 32.8 Å². The number of fused-ring (bicyclic) bond motifs is 4. The Bertz CT molecular complexity index is 838. The summed E-state index contributed by atoms with van der Waals surface area (Å²) in [5.41, 5.74) is 2.11. The maximum Gasteiger partial charge on any atom is 0.236 e. The summed E-state index contributed by atoms with van der Waals surface area (Å²) in [4.78, 5) is 17.1. The molecule has 27 heavy (non-hydrogen) atoms. The highest BCUT2D eigenvalue weighted by molar-refractivity contribution is 5.78. The number of ether oxygens (including phenoxy) is 2. The minimum Gasteiger partial charge on any atom is -0.492 e. The predicted molar refractivity (Wildman–Crippen MR) is 96.0 cm³/mol. The fourth-order valence-corrected chi connectivity index (χ4v) is 4.21. The van der Waals surface area contributed by atoms with Crippen LogP contribution in [0.2, 0.25) is 0 Å². The van der Waals surface area contributed by atoms with Gasteiger partial charge in [0.25, 0.3) is 0 Å². The minimum atomic E-state index is 0.0575. The fourth-order valence-electron chi connectivity index (χ4n) is 4.21. The molecule has 4 heterocycles. The van der Waals surface area contributed by atoms with Gasteiger partial charge in [0.05, 0.1) is 37.2 Å². The molecule has 5 rings (SSSR count). The van der Waals surface area contributed by atoms with E-state index in [1.54, 1.807) is 6.20 Å². The summed E-state index contributed by atoms with van der Waals surface area (Å²) in [6.07, 6.45) is 2.69. The number of amides is 1. The molecule has 0 bridgehead atoms. The summed E-state index contributed by atoms with van der Waals surface area (Å²) < 4.78 is 13.7. The van der Waals surface area contributed by atoms with Gasteiger partial charge in [0.15, 0.2) is 0 Å². The Hall–Kier alpha value is -2.45. The van der Waals surface area contributed by atoms with E-state index in [0.29, 0.717) is 26.3 Å². The van der Waals surface area contributed by atoms with Crippen LogP contribution in [0.25, 0.3) is 0 Å². The van der Waals surface area contributed by atoms with Gasteiger partial charge in [-0.3, -0.25) is 9.69 Å². The lowest BCUT2D eigenvalue weighted by Crippen LogP contribution is -2.52. The molecule has 2 aromatic rings. The van der Waals surface area contributed by atoms with Crippen molar-refractivity contribution >= 4 is 5.91 Å². The molecule has 0 spiro atoms. The van der Waals surface area contributed by atoms with E-state index in [2.05, 4.69) is 21.3 Å². The summed E-state index contributed by atoms with van der Waals surface area (Å²) in [6, 6.07) is 8.10. The zero-order valence-corrected chi connectivity index (χ0v) is 15.2. The average Bonchev–Trinajstić information content (AvgIpc) is 3.09. The number of piperidine rings is 1. The van der Waals surface area contributed by atoms with Gasteiger partial charge in [-0.05, 0) is 12.5 Å². The highest BCUT2D eigenvalue weighted by Crippen LogP contribution is 2.30. The van der Waals surface area contributed by atoms with Crippen molar-refractivity contribution in [1.29, 1.82) is 0 Å². The molecule has 2 atom stereocenters. The number of benzene rings is 1. The van der Waals surface area contributed by atoms with Gasteiger partial charge in [0.2, 0.25) is 5.91 Å². The molecule has 8 heteroatoms. The summed E-state index contributed by atoms with van der Waals surface area (Å²) in [6.45, 7) is 4.39. The van der Waals surface area contributed by atoms with Gasteiger partial charge in [-0.2, -0.15) is 0 Å². The number of likely N-dealkylation sites (tertiary alicyclic amines) is 1. The van der Waals surface area contributed by atoms with Crippen molar-refractivity contribution in [2.45, 2.75) is 31.7 Å². The summed E-state index contributed by atoms with van der Waals surface area (Å²) in [5.74, 6) is 1.08. The van der Waals surface area contributed by atoms with Gasteiger partial charge >= 0.3 is 0 Å². The van der Waals surface area contributed by atoms with Crippen molar-refractivity contribution in [3.05, 3.63) is 41.7 Å². The predicted octanol–water partition coefficient (Wildman–Crippen LogP) is 0.845.